The largest absolute Gasteiger partial charge is 0.339 e. The van der Waals surface area contributed by atoms with Gasteiger partial charge >= 0.3 is 0 Å². The Balaban J connectivity index is 1.93. The van der Waals surface area contributed by atoms with Crippen LogP contribution in [0.15, 0.2) is 0 Å². The summed E-state index contributed by atoms with van der Waals surface area (Å²) in [4.78, 5) is 13.9. The Morgan fingerprint density at radius 2 is 2.07 bits per heavy atom. The Hall–Kier alpha value is -0.420. The highest BCUT2D eigenvalue weighted by atomic mass is 32.2. The van der Waals surface area contributed by atoms with E-state index in [2.05, 4.69) is 12.2 Å². The third-order valence-corrected chi connectivity index (χ3v) is 4.56. The summed E-state index contributed by atoms with van der Waals surface area (Å²) in [6.45, 7) is 4.38. The fourth-order valence-corrected chi connectivity index (χ4v) is 3.27. The summed E-state index contributed by atoms with van der Waals surface area (Å²) < 4.78 is 11.2. The van der Waals surface area contributed by atoms with Crippen molar-refractivity contribution in [2.45, 2.75) is 19.4 Å². The van der Waals surface area contributed by atoms with Crippen LogP contribution in [-0.2, 0) is 15.6 Å². The average Bonchev–Trinajstić information content (AvgIpc) is 2.65. The summed E-state index contributed by atoms with van der Waals surface area (Å²) >= 11 is 0. The second-order valence-electron chi connectivity index (χ2n) is 4.37. The highest BCUT2D eigenvalue weighted by Gasteiger charge is 2.33. The molecule has 0 radical (unpaired) electrons. The van der Waals surface area contributed by atoms with E-state index in [0.717, 1.165) is 13.0 Å². The summed E-state index contributed by atoms with van der Waals surface area (Å²) in [5.74, 6) is 1.93. The maximum absolute atomic E-state index is 12.1. The Morgan fingerprint density at radius 1 is 1.40 bits per heavy atom. The van der Waals surface area contributed by atoms with Gasteiger partial charge in [0, 0.05) is 35.4 Å². The molecule has 0 aromatic heterocycles. The number of nitrogens with one attached hydrogen (secondary N) is 1. The molecule has 0 aliphatic carbocycles. The molecule has 2 aliphatic heterocycles. The first kappa shape index (κ1) is 11.1. The molecule has 1 amide bonds. The molecule has 5 heteroatoms. The van der Waals surface area contributed by atoms with Gasteiger partial charge in [0.05, 0.1) is 6.04 Å². The van der Waals surface area contributed by atoms with Crippen LogP contribution in [0.1, 0.15) is 13.3 Å². The van der Waals surface area contributed by atoms with E-state index in [-0.39, 0.29) is 11.9 Å². The second kappa shape index (κ2) is 4.61. The Labute approximate surface area is 92.9 Å². The van der Waals surface area contributed by atoms with Gasteiger partial charge in [-0.1, -0.05) is 6.92 Å². The zero-order chi connectivity index (χ0) is 10.8. The molecule has 2 rings (SSSR count). The molecule has 86 valence electrons. The molecule has 2 aliphatic rings. The van der Waals surface area contributed by atoms with E-state index in [4.69, 9.17) is 0 Å². The van der Waals surface area contributed by atoms with Crippen molar-refractivity contribution in [2.75, 3.05) is 31.1 Å². The van der Waals surface area contributed by atoms with Crippen molar-refractivity contribution in [1.82, 2.24) is 10.2 Å². The molecule has 2 saturated heterocycles. The van der Waals surface area contributed by atoms with Crippen molar-refractivity contribution in [2.24, 2.45) is 5.92 Å². The van der Waals surface area contributed by atoms with Crippen LogP contribution in [0.2, 0.25) is 0 Å². The van der Waals surface area contributed by atoms with Gasteiger partial charge in [-0.05, 0) is 18.9 Å². The molecule has 0 aromatic rings. The predicted octanol–water partition coefficient (Wildman–Crippen LogP) is -0.425. The molecule has 0 aromatic carbocycles. The fraction of sp³-hybridized carbons (Fsp3) is 0.900. The first-order valence-electron chi connectivity index (χ1n) is 5.55. The minimum absolute atomic E-state index is 0.00321. The van der Waals surface area contributed by atoms with E-state index >= 15 is 0 Å². The third-order valence-electron chi connectivity index (χ3n) is 3.29. The SMILES string of the molecule is CC1CCNC1C(=O)N1CCS(=O)CC1. The first-order chi connectivity index (χ1) is 7.18. The van der Waals surface area contributed by atoms with Gasteiger partial charge < -0.3 is 10.2 Å². The quantitative estimate of drug-likeness (QED) is 0.665. The number of nitrogens with zero attached hydrogens (tertiary/aromatic N) is 1. The smallest absolute Gasteiger partial charge is 0.240 e. The molecule has 2 heterocycles. The van der Waals surface area contributed by atoms with E-state index in [0.29, 0.717) is 30.5 Å². The number of hydrogen-bond donors (Lipinski definition) is 1. The Kier molecular flexibility index (Phi) is 3.41. The van der Waals surface area contributed by atoms with Gasteiger partial charge in [-0.25, -0.2) is 0 Å². The van der Waals surface area contributed by atoms with E-state index in [9.17, 15) is 9.00 Å². The van der Waals surface area contributed by atoms with E-state index in [1.807, 2.05) is 4.90 Å². The number of rotatable bonds is 1. The third kappa shape index (κ3) is 2.39. The minimum Gasteiger partial charge on any atom is -0.339 e. The standard InChI is InChI=1S/C10H18N2O2S/c1-8-2-3-11-9(8)10(13)12-4-6-15(14)7-5-12/h8-9,11H,2-7H2,1H3. The fourth-order valence-electron chi connectivity index (χ4n) is 2.22. The molecule has 0 saturated carbocycles. The molecule has 2 atom stereocenters. The van der Waals surface area contributed by atoms with Gasteiger partial charge in [0.1, 0.15) is 0 Å². The van der Waals surface area contributed by atoms with Crippen LogP contribution in [0.3, 0.4) is 0 Å². The average molecular weight is 230 g/mol. The number of hydrogen-bond acceptors (Lipinski definition) is 3. The van der Waals surface area contributed by atoms with Gasteiger partial charge in [-0.3, -0.25) is 9.00 Å². The van der Waals surface area contributed by atoms with Crippen LogP contribution < -0.4 is 5.32 Å². The van der Waals surface area contributed by atoms with E-state index in [1.54, 1.807) is 0 Å². The van der Waals surface area contributed by atoms with Crippen molar-refractivity contribution in [3.8, 4) is 0 Å². The topological polar surface area (TPSA) is 49.4 Å². The molecule has 4 nitrogen and oxygen atoms in total. The minimum atomic E-state index is -0.702. The Bertz CT molecular complexity index is 273. The highest BCUT2D eigenvalue weighted by Crippen LogP contribution is 2.17. The van der Waals surface area contributed by atoms with E-state index in [1.165, 1.54) is 0 Å². The molecule has 0 spiro atoms. The van der Waals surface area contributed by atoms with Crippen LogP contribution in [0.4, 0.5) is 0 Å². The van der Waals surface area contributed by atoms with Gasteiger partial charge in [-0.15, -0.1) is 0 Å². The lowest BCUT2D eigenvalue weighted by atomic mass is 10.0. The maximum Gasteiger partial charge on any atom is 0.240 e. The summed E-state index contributed by atoms with van der Waals surface area (Å²) in [5, 5.41) is 3.25. The van der Waals surface area contributed by atoms with Gasteiger partial charge in [0.15, 0.2) is 0 Å². The zero-order valence-corrected chi connectivity index (χ0v) is 9.89. The maximum atomic E-state index is 12.1. The molecule has 2 unspecified atom stereocenters. The normalized spacial score (nSPS) is 33.3. The van der Waals surface area contributed by atoms with Gasteiger partial charge in [0.2, 0.25) is 5.91 Å². The van der Waals surface area contributed by atoms with Crippen LogP contribution in [0.5, 0.6) is 0 Å². The number of amides is 1. The lowest BCUT2D eigenvalue weighted by Gasteiger charge is -2.30. The lowest BCUT2D eigenvalue weighted by Crippen LogP contribution is -2.50. The first-order valence-corrected chi connectivity index (χ1v) is 7.04. The number of carbonyl (C=O) groups is 1. The van der Waals surface area contributed by atoms with Gasteiger partial charge in [0.25, 0.3) is 0 Å². The summed E-state index contributed by atoms with van der Waals surface area (Å²) in [6, 6.07) is -0.00321. The Morgan fingerprint density at radius 3 is 2.60 bits per heavy atom. The van der Waals surface area contributed by atoms with Crippen molar-refractivity contribution >= 4 is 16.7 Å². The summed E-state index contributed by atoms with van der Waals surface area (Å²) in [5.41, 5.74) is 0. The molecular weight excluding hydrogens is 212 g/mol. The van der Waals surface area contributed by atoms with Crippen molar-refractivity contribution in [3.63, 3.8) is 0 Å². The molecule has 0 bridgehead atoms. The molecule has 2 fully saturated rings. The van der Waals surface area contributed by atoms with Crippen LogP contribution in [-0.4, -0.2) is 52.2 Å². The summed E-state index contributed by atoms with van der Waals surface area (Å²) in [6.07, 6.45) is 1.08. The monoisotopic (exact) mass is 230 g/mol. The second-order valence-corrected chi connectivity index (χ2v) is 6.07. The van der Waals surface area contributed by atoms with Crippen LogP contribution in [0, 0.1) is 5.92 Å². The zero-order valence-electron chi connectivity index (χ0n) is 9.07. The molecular formula is C10H18N2O2S. The lowest BCUT2D eigenvalue weighted by molar-refractivity contribution is -0.133. The highest BCUT2D eigenvalue weighted by molar-refractivity contribution is 7.85. The van der Waals surface area contributed by atoms with Gasteiger partial charge in [-0.2, -0.15) is 0 Å². The molecule has 15 heavy (non-hydrogen) atoms. The van der Waals surface area contributed by atoms with E-state index < -0.39 is 10.8 Å². The number of carbonyl (C=O) groups excluding carboxylic acids is 1. The van der Waals surface area contributed by atoms with Crippen LogP contribution >= 0.6 is 0 Å². The van der Waals surface area contributed by atoms with Crippen molar-refractivity contribution < 1.29 is 9.00 Å². The van der Waals surface area contributed by atoms with Crippen molar-refractivity contribution in [3.05, 3.63) is 0 Å². The predicted molar refractivity (Wildman–Crippen MR) is 60.0 cm³/mol. The molecule has 1 N–H and O–H groups in total. The summed E-state index contributed by atoms with van der Waals surface area (Å²) in [7, 11) is -0.702. The van der Waals surface area contributed by atoms with Crippen molar-refractivity contribution in [1.29, 1.82) is 0 Å². The van der Waals surface area contributed by atoms with Crippen LogP contribution in [0.25, 0.3) is 0 Å².